The van der Waals surface area contributed by atoms with E-state index in [0.717, 1.165) is 30.9 Å². The van der Waals surface area contributed by atoms with Gasteiger partial charge in [-0.15, -0.1) is 0 Å². The fourth-order valence-electron chi connectivity index (χ4n) is 3.33. The molecule has 1 spiro atoms. The smallest absolute Gasteiger partial charge is 0.125 e. The van der Waals surface area contributed by atoms with E-state index in [1.807, 2.05) is 17.8 Å². The Morgan fingerprint density at radius 2 is 2.35 bits per heavy atom. The van der Waals surface area contributed by atoms with Crippen LogP contribution in [0.5, 0.6) is 11.5 Å². The second-order valence-corrected chi connectivity index (χ2v) is 7.10. The fraction of sp³-hybridized carbons (Fsp3) is 0.625. The van der Waals surface area contributed by atoms with Crippen LogP contribution < -0.4 is 14.8 Å². The lowest BCUT2D eigenvalue weighted by molar-refractivity contribution is 0.0354. The van der Waals surface area contributed by atoms with E-state index >= 15 is 0 Å². The summed E-state index contributed by atoms with van der Waals surface area (Å²) < 4.78 is 11.8. The lowest BCUT2D eigenvalue weighted by Crippen LogP contribution is -2.47. The van der Waals surface area contributed by atoms with Crippen LogP contribution in [0.4, 0.5) is 0 Å². The van der Waals surface area contributed by atoms with E-state index in [0.29, 0.717) is 11.3 Å². The molecule has 1 aromatic carbocycles. The maximum Gasteiger partial charge on any atom is 0.125 e. The highest BCUT2D eigenvalue weighted by Crippen LogP contribution is 2.50. The van der Waals surface area contributed by atoms with Crippen molar-refractivity contribution < 1.29 is 9.47 Å². The summed E-state index contributed by atoms with van der Waals surface area (Å²) >= 11 is 2.03. The molecule has 0 saturated carbocycles. The number of hydrogen-bond donors (Lipinski definition) is 1. The SMILES string of the molecule is CCNC1CC2(CCSC2C)Oc2ccc(OC)cc21. The minimum atomic E-state index is -0.000901. The third kappa shape index (κ3) is 2.29. The van der Waals surface area contributed by atoms with E-state index in [1.54, 1.807) is 7.11 Å². The van der Waals surface area contributed by atoms with Gasteiger partial charge in [0.15, 0.2) is 0 Å². The Morgan fingerprint density at radius 1 is 1.50 bits per heavy atom. The average Bonchev–Trinajstić information content (AvgIpc) is 2.79. The Hall–Kier alpha value is -0.870. The van der Waals surface area contributed by atoms with Gasteiger partial charge in [-0.1, -0.05) is 6.92 Å². The second-order valence-electron chi connectivity index (χ2n) is 5.65. The van der Waals surface area contributed by atoms with Crippen molar-refractivity contribution in [2.75, 3.05) is 19.4 Å². The van der Waals surface area contributed by atoms with Gasteiger partial charge in [0.25, 0.3) is 0 Å². The zero-order valence-corrected chi connectivity index (χ0v) is 13.3. The van der Waals surface area contributed by atoms with Gasteiger partial charge in [0.1, 0.15) is 17.1 Å². The Labute approximate surface area is 125 Å². The monoisotopic (exact) mass is 293 g/mol. The number of rotatable bonds is 3. The number of methoxy groups -OCH3 is 1. The summed E-state index contributed by atoms with van der Waals surface area (Å²) in [5.41, 5.74) is 1.24. The normalized spacial score (nSPS) is 31.9. The van der Waals surface area contributed by atoms with Crippen molar-refractivity contribution in [3.8, 4) is 11.5 Å². The molecule has 0 bridgehead atoms. The molecule has 2 heterocycles. The molecule has 0 aromatic heterocycles. The van der Waals surface area contributed by atoms with Gasteiger partial charge >= 0.3 is 0 Å². The van der Waals surface area contributed by atoms with Crippen LogP contribution >= 0.6 is 11.8 Å². The molecule has 1 saturated heterocycles. The van der Waals surface area contributed by atoms with Crippen LogP contribution in [0.1, 0.15) is 38.3 Å². The molecule has 110 valence electrons. The molecule has 4 heteroatoms. The molecule has 2 aliphatic heterocycles. The first-order valence-electron chi connectivity index (χ1n) is 7.40. The van der Waals surface area contributed by atoms with Crippen LogP contribution in [-0.2, 0) is 0 Å². The molecule has 3 unspecified atom stereocenters. The van der Waals surface area contributed by atoms with Crippen molar-refractivity contribution in [1.29, 1.82) is 0 Å². The Bertz CT molecular complexity index is 493. The second kappa shape index (κ2) is 5.49. The maximum absolute atomic E-state index is 6.45. The molecule has 0 radical (unpaired) electrons. The fourth-order valence-corrected chi connectivity index (χ4v) is 4.71. The van der Waals surface area contributed by atoms with E-state index in [2.05, 4.69) is 31.3 Å². The van der Waals surface area contributed by atoms with E-state index < -0.39 is 0 Å². The van der Waals surface area contributed by atoms with Crippen molar-refractivity contribution in [2.45, 2.75) is 43.6 Å². The molecular weight excluding hydrogens is 270 g/mol. The first-order chi connectivity index (χ1) is 9.68. The van der Waals surface area contributed by atoms with Crippen molar-refractivity contribution in [2.24, 2.45) is 0 Å². The molecular formula is C16H23NO2S. The molecule has 1 aromatic rings. The molecule has 0 aliphatic carbocycles. The lowest BCUT2D eigenvalue weighted by Gasteiger charge is -2.42. The van der Waals surface area contributed by atoms with Gasteiger partial charge in [0.2, 0.25) is 0 Å². The van der Waals surface area contributed by atoms with Crippen molar-refractivity contribution in [3.63, 3.8) is 0 Å². The van der Waals surface area contributed by atoms with Gasteiger partial charge in [-0.2, -0.15) is 11.8 Å². The Balaban J connectivity index is 1.98. The average molecular weight is 293 g/mol. The van der Waals surface area contributed by atoms with Gasteiger partial charge in [-0.25, -0.2) is 0 Å². The van der Waals surface area contributed by atoms with Gasteiger partial charge in [-0.05, 0) is 43.8 Å². The lowest BCUT2D eigenvalue weighted by atomic mass is 9.83. The van der Waals surface area contributed by atoms with Crippen LogP contribution in [0, 0.1) is 0 Å². The summed E-state index contributed by atoms with van der Waals surface area (Å²) in [5, 5.41) is 4.17. The van der Waals surface area contributed by atoms with Crippen LogP contribution in [-0.4, -0.2) is 30.3 Å². The predicted octanol–water partition coefficient (Wildman–Crippen LogP) is 3.39. The zero-order valence-electron chi connectivity index (χ0n) is 12.4. The maximum atomic E-state index is 6.45. The molecule has 3 nitrogen and oxygen atoms in total. The topological polar surface area (TPSA) is 30.5 Å². The van der Waals surface area contributed by atoms with Gasteiger partial charge in [-0.3, -0.25) is 0 Å². The molecule has 3 rings (SSSR count). The third-order valence-electron chi connectivity index (χ3n) is 4.54. The summed E-state index contributed by atoms with van der Waals surface area (Å²) in [6.45, 7) is 5.43. The summed E-state index contributed by atoms with van der Waals surface area (Å²) in [6.07, 6.45) is 2.20. The highest BCUT2D eigenvalue weighted by molar-refractivity contribution is 8.00. The Kier molecular flexibility index (Phi) is 3.87. The quantitative estimate of drug-likeness (QED) is 0.925. The molecule has 20 heavy (non-hydrogen) atoms. The van der Waals surface area contributed by atoms with Crippen molar-refractivity contribution in [1.82, 2.24) is 5.32 Å². The number of fused-ring (bicyclic) bond motifs is 1. The molecule has 0 amide bonds. The number of hydrogen-bond acceptors (Lipinski definition) is 4. The van der Waals surface area contributed by atoms with Gasteiger partial charge in [0, 0.05) is 23.3 Å². The Morgan fingerprint density at radius 3 is 3.00 bits per heavy atom. The summed E-state index contributed by atoms with van der Waals surface area (Å²) in [6, 6.07) is 6.53. The number of ether oxygens (including phenoxy) is 2. The predicted molar refractivity (Wildman–Crippen MR) is 83.9 cm³/mol. The van der Waals surface area contributed by atoms with Gasteiger partial charge < -0.3 is 14.8 Å². The molecule has 3 atom stereocenters. The van der Waals surface area contributed by atoms with E-state index in [9.17, 15) is 0 Å². The largest absolute Gasteiger partial charge is 0.497 e. The highest BCUT2D eigenvalue weighted by Gasteiger charge is 2.48. The zero-order chi connectivity index (χ0) is 14.2. The van der Waals surface area contributed by atoms with Crippen molar-refractivity contribution >= 4 is 11.8 Å². The minimum absolute atomic E-state index is 0.000901. The summed E-state index contributed by atoms with van der Waals surface area (Å²) in [7, 11) is 1.71. The van der Waals surface area contributed by atoms with Crippen LogP contribution in [0.25, 0.3) is 0 Å². The van der Waals surface area contributed by atoms with E-state index in [4.69, 9.17) is 9.47 Å². The van der Waals surface area contributed by atoms with Crippen LogP contribution in [0.15, 0.2) is 18.2 Å². The summed E-state index contributed by atoms with van der Waals surface area (Å²) in [4.78, 5) is 0. The summed E-state index contributed by atoms with van der Waals surface area (Å²) in [5.74, 6) is 3.13. The first-order valence-corrected chi connectivity index (χ1v) is 8.45. The molecule has 2 aliphatic rings. The molecule has 1 fully saturated rings. The molecule has 1 N–H and O–H groups in total. The third-order valence-corrected chi connectivity index (χ3v) is 5.91. The first kappa shape index (κ1) is 14.1. The van der Waals surface area contributed by atoms with E-state index in [1.165, 1.54) is 11.3 Å². The highest BCUT2D eigenvalue weighted by atomic mass is 32.2. The number of thioether (sulfide) groups is 1. The standard InChI is InChI=1S/C16H23NO2S/c1-4-17-14-10-16(7-8-20-11(16)2)19-15-6-5-12(18-3)9-13(14)15/h5-6,9,11,14,17H,4,7-8,10H2,1-3H3. The van der Waals surface area contributed by atoms with Gasteiger partial charge in [0.05, 0.1) is 7.11 Å². The van der Waals surface area contributed by atoms with E-state index in [-0.39, 0.29) is 5.60 Å². The number of benzene rings is 1. The minimum Gasteiger partial charge on any atom is -0.497 e. The number of nitrogens with one attached hydrogen (secondary N) is 1. The van der Waals surface area contributed by atoms with Crippen molar-refractivity contribution in [3.05, 3.63) is 23.8 Å². The van der Waals surface area contributed by atoms with Crippen LogP contribution in [0.3, 0.4) is 0 Å². The van der Waals surface area contributed by atoms with Crippen LogP contribution in [0.2, 0.25) is 0 Å².